The van der Waals surface area contributed by atoms with Crippen molar-refractivity contribution in [2.45, 2.75) is 58.5 Å². The van der Waals surface area contributed by atoms with Gasteiger partial charge in [0.05, 0.1) is 0 Å². The van der Waals surface area contributed by atoms with Crippen LogP contribution in [-0.4, -0.2) is 34.3 Å². The van der Waals surface area contributed by atoms with Gasteiger partial charge in [0, 0.05) is 32.1 Å². The number of primary amides is 1. The number of ether oxygens (including phenoxy) is 1. The molecule has 0 unspecified atom stereocenters. The number of aliphatic carboxylic acids is 1. The van der Waals surface area contributed by atoms with Crippen molar-refractivity contribution in [3.63, 3.8) is 0 Å². The highest BCUT2D eigenvalue weighted by molar-refractivity contribution is 5.98. The summed E-state index contributed by atoms with van der Waals surface area (Å²) in [6.45, 7) is 4.88. The van der Waals surface area contributed by atoms with E-state index < -0.39 is 29.4 Å². The molecule has 0 bridgehead atoms. The third kappa shape index (κ3) is 6.14. The molecular formula is C17H25NO6. The molecule has 24 heavy (non-hydrogen) atoms. The van der Waals surface area contributed by atoms with Crippen molar-refractivity contribution >= 4 is 23.6 Å². The topological polar surface area (TPSA) is 124 Å². The Kier molecular flexibility index (Phi) is 6.69. The molecular weight excluding hydrogens is 314 g/mol. The number of hydrogen-bond acceptors (Lipinski definition) is 5. The number of carboxylic acid groups (broad SMARTS) is 1. The lowest BCUT2D eigenvalue weighted by Crippen LogP contribution is -2.41. The van der Waals surface area contributed by atoms with E-state index in [1.807, 2.05) is 0 Å². The van der Waals surface area contributed by atoms with Crippen molar-refractivity contribution in [1.82, 2.24) is 0 Å². The zero-order chi connectivity index (χ0) is 18.5. The predicted molar refractivity (Wildman–Crippen MR) is 85.8 cm³/mol. The standard InChI is InChI=1S/C17H25NO6/c1-10-8-17(3,24-11(2)19)9-13(16(10)23)5-4-12(6-14(18)20)7-15(21)22/h5,10,12H,4,6-9H2,1-3H3,(H2,18,20)(H,21,22)/b13-5+/t10-,12-,17+/m0/s1. The number of esters is 1. The highest BCUT2D eigenvalue weighted by atomic mass is 16.6. The van der Waals surface area contributed by atoms with Gasteiger partial charge in [0.15, 0.2) is 5.78 Å². The zero-order valence-corrected chi connectivity index (χ0v) is 14.3. The smallest absolute Gasteiger partial charge is 0.303 e. The summed E-state index contributed by atoms with van der Waals surface area (Å²) in [7, 11) is 0. The van der Waals surface area contributed by atoms with E-state index in [9.17, 15) is 19.2 Å². The summed E-state index contributed by atoms with van der Waals surface area (Å²) >= 11 is 0. The summed E-state index contributed by atoms with van der Waals surface area (Å²) in [5, 5.41) is 8.91. The molecule has 0 aromatic carbocycles. The highest BCUT2D eigenvalue weighted by Crippen LogP contribution is 2.36. The van der Waals surface area contributed by atoms with E-state index >= 15 is 0 Å². The number of hydrogen-bond donors (Lipinski definition) is 2. The molecule has 7 nitrogen and oxygen atoms in total. The van der Waals surface area contributed by atoms with Crippen LogP contribution in [0.5, 0.6) is 0 Å². The van der Waals surface area contributed by atoms with Gasteiger partial charge in [0.2, 0.25) is 5.91 Å². The van der Waals surface area contributed by atoms with Crippen LogP contribution < -0.4 is 5.73 Å². The summed E-state index contributed by atoms with van der Waals surface area (Å²) in [5.74, 6) is -2.79. The van der Waals surface area contributed by atoms with Crippen LogP contribution in [0, 0.1) is 11.8 Å². The van der Waals surface area contributed by atoms with Crippen molar-refractivity contribution in [3.8, 4) is 0 Å². The summed E-state index contributed by atoms with van der Waals surface area (Å²) in [4.78, 5) is 45.6. The minimum absolute atomic E-state index is 0.0345. The first-order valence-electron chi connectivity index (χ1n) is 7.95. The second-order valence-corrected chi connectivity index (χ2v) is 6.79. The molecule has 0 aliphatic heterocycles. The largest absolute Gasteiger partial charge is 0.481 e. The van der Waals surface area contributed by atoms with E-state index in [-0.39, 0.29) is 37.4 Å². The van der Waals surface area contributed by atoms with Crippen molar-refractivity contribution in [2.24, 2.45) is 17.6 Å². The molecule has 3 N–H and O–H groups in total. The Hall–Kier alpha value is -2.18. The number of nitrogens with two attached hydrogens (primary N) is 1. The van der Waals surface area contributed by atoms with E-state index in [2.05, 4.69) is 0 Å². The molecule has 0 spiro atoms. The molecule has 0 saturated heterocycles. The van der Waals surface area contributed by atoms with Crippen LogP contribution in [0.3, 0.4) is 0 Å². The number of allylic oxidation sites excluding steroid dienone is 1. The lowest BCUT2D eigenvalue weighted by molar-refractivity contribution is -0.159. The maximum absolute atomic E-state index is 12.3. The van der Waals surface area contributed by atoms with Gasteiger partial charge in [0.1, 0.15) is 5.60 Å². The van der Waals surface area contributed by atoms with Crippen LogP contribution in [0.15, 0.2) is 11.6 Å². The van der Waals surface area contributed by atoms with E-state index in [0.717, 1.165) is 0 Å². The Balaban J connectivity index is 2.91. The van der Waals surface area contributed by atoms with Gasteiger partial charge >= 0.3 is 11.9 Å². The number of carbonyl (C=O) groups excluding carboxylic acids is 3. The minimum Gasteiger partial charge on any atom is -0.481 e. The van der Waals surface area contributed by atoms with Crippen LogP contribution >= 0.6 is 0 Å². The summed E-state index contributed by atoms with van der Waals surface area (Å²) in [6.07, 6.45) is 2.41. The SMILES string of the molecule is CC(=O)O[C@@]1(C)C/C(=C\C[C@@H](CC(N)=O)CC(=O)O)C(=O)[C@@H](C)C1. The molecule has 0 radical (unpaired) electrons. The van der Waals surface area contributed by atoms with Gasteiger partial charge in [-0.25, -0.2) is 0 Å². The van der Waals surface area contributed by atoms with E-state index in [4.69, 9.17) is 15.6 Å². The van der Waals surface area contributed by atoms with Crippen LogP contribution in [0.4, 0.5) is 0 Å². The van der Waals surface area contributed by atoms with Crippen LogP contribution in [0.1, 0.15) is 52.9 Å². The van der Waals surface area contributed by atoms with Gasteiger partial charge < -0.3 is 15.6 Å². The molecule has 0 heterocycles. The second-order valence-electron chi connectivity index (χ2n) is 6.79. The lowest BCUT2D eigenvalue weighted by atomic mass is 9.75. The summed E-state index contributed by atoms with van der Waals surface area (Å²) in [6, 6.07) is 0. The van der Waals surface area contributed by atoms with Gasteiger partial charge in [0.25, 0.3) is 0 Å². The molecule has 0 aromatic rings. The fraction of sp³-hybridized carbons (Fsp3) is 0.647. The Bertz CT molecular complexity index is 551. The molecule has 1 fully saturated rings. The average molecular weight is 339 g/mol. The molecule has 134 valence electrons. The zero-order valence-electron chi connectivity index (χ0n) is 14.3. The van der Waals surface area contributed by atoms with Gasteiger partial charge in [-0.2, -0.15) is 0 Å². The second kappa shape index (κ2) is 8.08. The molecule has 1 aliphatic carbocycles. The van der Waals surface area contributed by atoms with Gasteiger partial charge in [-0.15, -0.1) is 0 Å². The lowest BCUT2D eigenvalue weighted by Gasteiger charge is -2.36. The van der Waals surface area contributed by atoms with Crippen molar-refractivity contribution < 1.29 is 29.0 Å². The van der Waals surface area contributed by atoms with Crippen LogP contribution in [0.25, 0.3) is 0 Å². The quantitative estimate of drug-likeness (QED) is 0.536. The number of carbonyl (C=O) groups is 4. The maximum atomic E-state index is 12.3. The van der Waals surface area contributed by atoms with Crippen molar-refractivity contribution in [3.05, 3.63) is 11.6 Å². The fourth-order valence-electron chi connectivity index (χ4n) is 3.30. The minimum atomic E-state index is -1.02. The maximum Gasteiger partial charge on any atom is 0.303 e. The van der Waals surface area contributed by atoms with E-state index in [1.54, 1.807) is 19.9 Å². The number of ketones is 1. The third-order valence-electron chi connectivity index (χ3n) is 4.11. The normalized spacial score (nSPS) is 26.9. The Morgan fingerprint density at radius 3 is 2.54 bits per heavy atom. The van der Waals surface area contributed by atoms with E-state index in [0.29, 0.717) is 12.0 Å². The highest BCUT2D eigenvalue weighted by Gasteiger charge is 2.40. The van der Waals surface area contributed by atoms with Crippen molar-refractivity contribution in [2.75, 3.05) is 0 Å². The summed E-state index contributed by atoms with van der Waals surface area (Å²) < 4.78 is 5.36. The molecule has 1 aliphatic rings. The monoisotopic (exact) mass is 339 g/mol. The first kappa shape index (κ1) is 19.9. The molecule has 1 rings (SSSR count). The molecule has 7 heteroatoms. The average Bonchev–Trinajstić information content (AvgIpc) is 2.38. The number of Topliss-reactive ketones (excluding diaryl/α,β-unsaturated/α-hetero) is 1. The van der Waals surface area contributed by atoms with Gasteiger partial charge in [-0.3, -0.25) is 19.2 Å². The predicted octanol–water partition coefficient (Wildman–Crippen LogP) is 1.59. The molecule has 3 atom stereocenters. The molecule has 0 aromatic heterocycles. The summed E-state index contributed by atoms with van der Waals surface area (Å²) in [5.41, 5.74) is 4.91. The van der Waals surface area contributed by atoms with Gasteiger partial charge in [-0.1, -0.05) is 13.0 Å². The van der Waals surface area contributed by atoms with Gasteiger partial charge in [-0.05, 0) is 31.3 Å². The Morgan fingerprint density at radius 2 is 2.04 bits per heavy atom. The first-order valence-corrected chi connectivity index (χ1v) is 7.95. The third-order valence-corrected chi connectivity index (χ3v) is 4.11. The first-order chi connectivity index (χ1) is 11.0. The fourth-order valence-corrected chi connectivity index (χ4v) is 3.30. The number of amides is 1. The van der Waals surface area contributed by atoms with Crippen molar-refractivity contribution in [1.29, 1.82) is 0 Å². The van der Waals surface area contributed by atoms with Crippen LogP contribution in [0.2, 0.25) is 0 Å². The molecule has 1 amide bonds. The number of carboxylic acids is 1. The number of rotatable bonds is 7. The molecule has 1 saturated carbocycles. The van der Waals surface area contributed by atoms with Crippen LogP contribution in [-0.2, 0) is 23.9 Å². The Labute approximate surface area is 141 Å². The van der Waals surface area contributed by atoms with E-state index in [1.165, 1.54) is 6.92 Å². The Morgan fingerprint density at radius 1 is 1.42 bits per heavy atom.